The summed E-state index contributed by atoms with van der Waals surface area (Å²) in [5, 5.41) is 6.62. The number of nitrogens with one attached hydrogen (secondary N) is 1. The Morgan fingerprint density at radius 1 is 1.06 bits per heavy atom. The van der Waals surface area contributed by atoms with E-state index in [1.54, 1.807) is 39.0 Å². The number of anilines is 1. The molecular formula is C22H20N2O8S. The van der Waals surface area contributed by atoms with Gasteiger partial charge in [-0.15, -0.1) is 11.3 Å². The van der Waals surface area contributed by atoms with Crippen molar-refractivity contribution in [2.75, 3.05) is 25.3 Å². The predicted octanol–water partition coefficient (Wildman–Crippen LogP) is 4.05. The molecule has 33 heavy (non-hydrogen) atoms. The molecule has 4 rings (SSSR count). The number of hydrogen-bond donors (Lipinski definition) is 1. The lowest BCUT2D eigenvalue weighted by Gasteiger charge is -2.05. The molecule has 1 aromatic carbocycles. The van der Waals surface area contributed by atoms with Gasteiger partial charge in [-0.2, -0.15) is 0 Å². The van der Waals surface area contributed by atoms with Crippen LogP contribution in [0.5, 0.6) is 11.5 Å². The van der Waals surface area contributed by atoms with Crippen molar-refractivity contribution in [3.05, 3.63) is 46.0 Å². The lowest BCUT2D eigenvalue weighted by Crippen LogP contribution is -2.15. The maximum atomic E-state index is 12.9. The monoisotopic (exact) mass is 472 g/mol. The number of thiophene rings is 1. The third-order valence-corrected chi connectivity index (χ3v) is 5.90. The summed E-state index contributed by atoms with van der Waals surface area (Å²) in [6, 6.07) is 6.67. The molecule has 0 saturated heterocycles. The number of hydrogen-bond acceptors (Lipinski definition) is 10. The maximum Gasteiger partial charge on any atom is 0.348 e. The summed E-state index contributed by atoms with van der Waals surface area (Å²) in [6.45, 7) is 5.39. The van der Waals surface area contributed by atoms with E-state index in [0.29, 0.717) is 28.4 Å². The number of nitrogens with zero attached hydrogens (tertiary/aromatic N) is 1. The van der Waals surface area contributed by atoms with E-state index in [0.717, 1.165) is 11.3 Å². The topological polar surface area (TPSA) is 126 Å². The summed E-state index contributed by atoms with van der Waals surface area (Å²) in [5.41, 5.74) is 1.10. The second-order valence-corrected chi connectivity index (χ2v) is 7.82. The first-order chi connectivity index (χ1) is 15.9. The maximum absolute atomic E-state index is 12.9. The smallest absolute Gasteiger partial charge is 0.348 e. The first-order valence-corrected chi connectivity index (χ1v) is 10.9. The highest BCUT2D eigenvalue weighted by molar-refractivity contribution is 7.18. The Morgan fingerprint density at radius 3 is 2.55 bits per heavy atom. The molecule has 0 fully saturated rings. The van der Waals surface area contributed by atoms with Gasteiger partial charge in [0.1, 0.15) is 9.88 Å². The molecule has 0 bridgehead atoms. The van der Waals surface area contributed by atoms with Gasteiger partial charge in [0.2, 0.25) is 6.79 Å². The van der Waals surface area contributed by atoms with E-state index in [1.165, 1.54) is 6.07 Å². The molecule has 1 N–H and O–H groups in total. The summed E-state index contributed by atoms with van der Waals surface area (Å²) in [5.74, 6) is -0.329. The molecule has 1 aliphatic heterocycles. The van der Waals surface area contributed by atoms with Crippen LogP contribution in [0.25, 0.3) is 11.3 Å². The van der Waals surface area contributed by atoms with Crippen molar-refractivity contribution < 1.29 is 37.9 Å². The number of carbonyl (C=O) groups excluding carboxylic acids is 3. The van der Waals surface area contributed by atoms with E-state index in [-0.39, 0.29) is 41.1 Å². The second kappa shape index (κ2) is 9.33. The normalized spacial score (nSPS) is 11.8. The number of ether oxygens (including phenoxy) is 4. The van der Waals surface area contributed by atoms with Crippen molar-refractivity contribution >= 4 is 34.2 Å². The molecule has 1 aliphatic rings. The highest BCUT2D eigenvalue weighted by atomic mass is 32.1. The van der Waals surface area contributed by atoms with Crippen LogP contribution in [0, 0.1) is 6.92 Å². The summed E-state index contributed by atoms with van der Waals surface area (Å²) < 4.78 is 26.1. The number of esters is 2. The summed E-state index contributed by atoms with van der Waals surface area (Å²) in [4.78, 5) is 37.8. The Bertz CT molecular complexity index is 1230. The standard InChI is InChI=1S/C22H20N2O8S/c1-4-28-21(26)17-11(3)18(22(27)29-5-2)33-20(17)23-19(25)13-9-15(32-24-13)12-6-7-14-16(8-12)31-10-30-14/h6-9H,4-5,10H2,1-3H3,(H,23,25). The molecule has 0 atom stereocenters. The first kappa shape index (κ1) is 22.3. The van der Waals surface area contributed by atoms with E-state index in [2.05, 4.69) is 10.5 Å². The Morgan fingerprint density at radius 2 is 1.79 bits per heavy atom. The predicted molar refractivity (Wildman–Crippen MR) is 117 cm³/mol. The molecule has 0 spiro atoms. The van der Waals surface area contributed by atoms with Gasteiger partial charge in [0.05, 0.1) is 18.8 Å². The molecule has 2 aromatic heterocycles. The average molecular weight is 472 g/mol. The zero-order chi connectivity index (χ0) is 23.5. The third-order valence-electron chi connectivity index (χ3n) is 4.71. The van der Waals surface area contributed by atoms with Crippen molar-refractivity contribution in [2.24, 2.45) is 0 Å². The van der Waals surface area contributed by atoms with Crippen LogP contribution >= 0.6 is 11.3 Å². The largest absolute Gasteiger partial charge is 0.462 e. The van der Waals surface area contributed by atoms with Crippen LogP contribution < -0.4 is 14.8 Å². The molecule has 0 saturated carbocycles. The molecule has 3 aromatic rings. The molecule has 0 aliphatic carbocycles. The minimum atomic E-state index is -0.654. The number of amides is 1. The highest BCUT2D eigenvalue weighted by Crippen LogP contribution is 2.37. The molecule has 11 heteroatoms. The van der Waals surface area contributed by atoms with Crippen molar-refractivity contribution in [3.8, 4) is 22.8 Å². The summed E-state index contributed by atoms with van der Waals surface area (Å²) in [6.07, 6.45) is 0. The van der Waals surface area contributed by atoms with Crippen LogP contribution in [0.1, 0.15) is 49.9 Å². The van der Waals surface area contributed by atoms with Gasteiger partial charge in [0.15, 0.2) is 23.0 Å². The van der Waals surface area contributed by atoms with Crippen LogP contribution in [0.15, 0.2) is 28.8 Å². The zero-order valence-electron chi connectivity index (χ0n) is 18.1. The van der Waals surface area contributed by atoms with E-state index >= 15 is 0 Å². The highest BCUT2D eigenvalue weighted by Gasteiger charge is 2.28. The van der Waals surface area contributed by atoms with Crippen LogP contribution in [-0.4, -0.2) is 43.0 Å². The van der Waals surface area contributed by atoms with Gasteiger partial charge in [0.25, 0.3) is 5.91 Å². The minimum absolute atomic E-state index is 0.0128. The fourth-order valence-electron chi connectivity index (χ4n) is 3.18. The Hall–Kier alpha value is -3.86. The van der Waals surface area contributed by atoms with Gasteiger partial charge in [-0.1, -0.05) is 5.16 Å². The average Bonchev–Trinajstić information content (AvgIpc) is 3.52. The van der Waals surface area contributed by atoms with Crippen molar-refractivity contribution in [1.82, 2.24) is 5.16 Å². The van der Waals surface area contributed by atoms with Crippen LogP contribution in [0.2, 0.25) is 0 Å². The molecule has 0 unspecified atom stereocenters. The molecule has 0 radical (unpaired) electrons. The third kappa shape index (κ3) is 4.40. The fourth-order valence-corrected chi connectivity index (χ4v) is 4.26. The number of rotatable bonds is 7. The second-order valence-electron chi connectivity index (χ2n) is 6.80. The molecule has 172 valence electrons. The van der Waals surface area contributed by atoms with Gasteiger partial charge in [0, 0.05) is 11.6 Å². The molecular weight excluding hydrogens is 452 g/mol. The summed E-state index contributed by atoms with van der Waals surface area (Å²) in [7, 11) is 0. The van der Waals surface area contributed by atoms with E-state index in [1.807, 2.05) is 0 Å². The number of fused-ring (bicyclic) bond motifs is 1. The van der Waals surface area contributed by atoms with Crippen LogP contribution in [-0.2, 0) is 9.47 Å². The minimum Gasteiger partial charge on any atom is -0.462 e. The molecule has 1 amide bonds. The van der Waals surface area contributed by atoms with E-state index < -0.39 is 17.8 Å². The zero-order valence-corrected chi connectivity index (χ0v) is 18.9. The Kier molecular flexibility index (Phi) is 6.31. The van der Waals surface area contributed by atoms with Gasteiger partial charge in [-0.05, 0) is 44.5 Å². The van der Waals surface area contributed by atoms with Crippen LogP contribution in [0.3, 0.4) is 0 Å². The summed E-state index contributed by atoms with van der Waals surface area (Å²) >= 11 is 0.932. The Balaban J connectivity index is 1.60. The number of benzene rings is 1. The van der Waals surface area contributed by atoms with Gasteiger partial charge in [-0.25, -0.2) is 9.59 Å². The quantitative estimate of drug-likeness (QED) is 0.507. The van der Waals surface area contributed by atoms with Crippen molar-refractivity contribution in [2.45, 2.75) is 20.8 Å². The lowest BCUT2D eigenvalue weighted by molar-refractivity contribution is 0.0527. The fraction of sp³-hybridized carbons (Fsp3) is 0.273. The van der Waals surface area contributed by atoms with Gasteiger partial charge < -0.3 is 28.8 Å². The van der Waals surface area contributed by atoms with Gasteiger partial charge in [-0.3, -0.25) is 4.79 Å². The van der Waals surface area contributed by atoms with Crippen molar-refractivity contribution in [3.63, 3.8) is 0 Å². The SMILES string of the molecule is CCOC(=O)c1sc(NC(=O)c2cc(-c3ccc4c(c3)OCO4)on2)c(C(=O)OCC)c1C. The van der Waals surface area contributed by atoms with Gasteiger partial charge >= 0.3 is 11.9 Å². The van der Waals surface area contributed by atoms with E-state index in [4.69, 9.17) is 23.5 Å². The lowest BCUT2D eigenvalue weighted by atomic mass is 10.1. The molecule has 3 heterocycles. The Labute approximate surface area is 192 Å². The van der Waals surface area contributed by atoms with Crippen LogP contribution in [0.4, 0.5) is 5.00 Å². The van der Waals surface area contributed by atoms with E-state index in [9.17, 15) is 14.4 Å². The van der Waals surface area contributed by atoms with Crippen molar-refractivity contribution in [1.29, 1.82) is 0 Å². The first-order valence-electron chi connectivity index (χ1n) is 10.1. The molecule has 10 nitrogen and oxygen atoms in total. The number of aromatic nitrogens is 1. The number of carbonyl (C=O) groups is 3.